The second kappa shape index (κ2) is 10.1. The minimum absolute atomic E-state index is 0.118. The molecule has 0 aliphatic carbocycles. The Bertz CT molecular complexity index is 977. The fourth-order valence-corrected chi connectivity index (χ4v) is 3.71. The molecule has 1 aromatic heterocycles. The molecule has 0 radical (unpaired) electrons. The number of hydrogen-bond acceptors (Lipinski definition) is 5. The van der Waals surface area contributed by atoms with Gasteiger partial charge in [-0.2, -0.15) is 0 Å². The Labute approximate surface area is 182 Å². The summed E-state index contributed by atoms with van der Waals surface area (Å²) in [6.45, 7) is 6.41. The van der Waals surface area contributed by atoms with E-state index in [0.29, 0.717) is 23.6 Å². The number of nitrogens with zero attached hydrogens (tertiary/aromatic N) is 1. The Morgan fingerprint density at radius 1 is 1.16 bits per heavy atom. The fraction of sp³-hybridized carbons (Fsp3) is 0.375. The Balaban J connectivity index is 1.89. The minimum Gasteiger partial charge on any atom is -0.463 e. The van der Waals surface area contributed by atoms with Crippen molar-refractivity contribution in [2.45, 2.75) is 46.1 Å². The number of benzene rings is 1. The van der Waals surface area contributed by atoms with Crippen molar-refractivity contribution in [2.75, 3.05) is 13.2 Å². The number of esters is 1. The molecule has 0 fully saturated rings. The van der Waals surface area contributed by atoms with Crippen LogP contribution in [0.5, 0.6) is 0 Å². The first-order valence-corrected chi connectivity index (χ1v) is 10.6. The van der Waals surface area contributed by atoms with Gasteiger partial charge in [-0.05, 0) is 38.0 Å². The molecule has 7 nitrogen and oxygen atoms in total. The maximum atomic E-state index is 13.0. The molecule has 1 atom stereocenters. The van der Waals surface area contributed by atoms with Crippen LogP contribution in [0.3, 0.4) is 0 Å². The van der Waals surface area contributed by atoms with Crippen LogP contribution in [0.2, 0.25) is 0 Å². The highest BCUT2D eigenvalue weighted by atomic mass is 16.5. The van der Waals surface area contributed by atoms with Gasteiger partial charge in [-0.25, -0.2) is 4.79 Å². The molecular weight excluding hydrogens is 396 g/mol. The van der Waals surface area contributed by atoms with Crippen LogP contribution >= 0.6 is 0 Å². The zero-order chi connectivity index (χ0) is 22.4. The van der Waals surface area contributed by atoms with Gasteiger partial charge in [0.1, 0.15) is 5.76 Å². The van der Waals surface area contributed by atoms with E-state index in [9.17, 15) is 14.4 Å². The molecule has 2 aromatic rings. The van der Waals surface area contributed by atoms with Crippen molar-refractivity contribution in [2.24, 2.45) is 0 Å². The molecule has 0 bridgehead atoms. The van der Waals surface area contributed by atoms with Crippen LogP contribution in [-0.2, 0) is 20.9 Å². The summed E-state index contributed by atoms with van der Waals surface area (Å²) in [5, 5.41) is 2.76. The third kappa shape index (κ3) is 5.05. The number of nitrogens with one attached hydrogen (secondary N) is 1. The summed E-state index contributed by atoms with van der Waals surface area (Å²) in [5.41, 5.74) is 1.91. The molecule has 1 aromatic carbocycles. The van der Waals surface area contributed by atoms with Crippen LogP contribution in [0.25, 0.3) is 0 Å². The molecule has 2 amide bonds. The van der Waals surface area contributed by atoms with Crippen LogP contribution in [0.1, 0.15) is 61.4 Å². The van der Waals surface area contributed by atoms with Gasteiger partial charge in [0.15, 0.2) is 5.76 Å². The first-order valence-electron chi connectivity index (χ1n) is 10.6. The number of hydrogen-bond donors (Lipinski definition) is 1. The monoisotopic (exact) mass is 424 g/mol. The second-order valence-corrected chi connectivity index (χ2v) is 7.39. The lowest BCUT2D eigenvalue weighted by Gasteiger charge is -2.34. The third-order valence-electron chi connectivity index (χ3n) is 5.26. The highest BCUT2D eigenvalue weighted by Crippen LogP contribution is 2.37. The lowest BCUT2D eigenvalue weighted by Crippen LogP contribution is -2.38. The molecule has 1 N–H and O–H groups in total. The van der Waals surface area contributed by atoms with Crippen molar-refractivity contribution in [3.8, 4) is 0 Å². The quantitative estimate of drug-likeness (QED) is 0.652. The summed E-state index contributed by atoms with van der Waals surface area (Å²) in [5.74, 6) is -0.533. The zero-order valence-corrected chi connectivity index (χ0v) is 18.1. The lowest BCUT2D eigenvalue weighted by atomic mass is 9.83. The van der Waals surface area contributed by atoms with Crippen molar-refractivity contribution in [3.63, 3.8) is 0 Å². The molecule has 1 aliphatic heterocycles. The molecule has 3 rings (SSSR count). The van der Waals surface area contributed by atoms with E-state index in [2.05, 4.69) is 5.32 Å². The van der Waals surface area contributed by atoms with Crippen molar-refractivity contribution in [3.05, 3.63) is 70.8 Å². The molecule has 1 unspecified atom stereocenters. The molecule has 164 valence electrons. The Morgan fingerprint density at radius 3 is 2.58 bits per heavy atom. The van der Waals surface area contributed by atoms with Crippen LogP contribution in [-0.4, -0.2) is 35.8 Å². The first-order chi connectivity index (χ1) is 15.0. The summed E-state index contributed by atoms with van der Waals surface area (Å²) in [6.07, 6.45) is 0.977. The zero-order valence-electron chi connectivity index (χ0n) is 18.1. The topological polar surface area (TPSA) is 88.9 Å². The lowest BCUT2D eigenvalue weighted by molar-refractivity contribution is -0.140. The summed E-state index contributed by atoms with van der Waals surface area (Å²) in [7, 11) is 0. The number of allylic oxidation sites excluding steroid dienone is 1. The molecular formula is C24H28N2O5. The average molecular weight is 424 g/mol. The maximum Gasteiger partial charge on any atom is 0.336 e. The smallest absolute Gasteiger partial charge is 0.336 e. The van der Waals surface area contributed by atoms with Crippen molar-refractivity contribution in [1.29, 1.82) is 0 Å². The van der Waals surface area contributed by atoms with Gasteiger partial charge in [-0.15, -0.1) is 0 Å². The molecule has 1 aliphatic rings. The molecule has 2 heterocycles. The number of carbonyl (C=O) groups is 3. The van der Waals surface area contributed by atoms with Gasteiger partial charge < -0.3 is 19.4 Å². The van der Waals surface area contributed by atoms with Crippen molar-refractivity contribution >= 4 is 17.8 Å². The summed E-state index contributed by atoms with van der Waals surface area (Å²) in [4.78, 5) is 39.4. The third-order valence-corrected chi connectivity index (χ3v) is 5.26. The van der Waals surface area contributed by atoms with Gasteiger partial charge in [0.25, 0.3) is 5.91 Å². The molecule has 0 spiro atoms. The Kier molecular flexibility index (Phi) is 7.28. The van der Waals surface area contributed by atoms with Gasteiger partial charge in [0.2, 0.25) is 5.91 Å². The SMILES string of the molecule is CCCNC(=O)c1ccc(CN2C(=O)CC(c3ccccc3)C(C(=O)OCC)=C2C)o1. The number of amides is 2. The van der Waals surface area contributed by atoms with E-state index in [1.54, 1.807) is 26.0 Å². The van der Waals surface area contributed by atoms with Crippen LogP contribution in [0, 0.1) is 0 Å². The van der Waals surface area contributed by atoms with E-state index in [1.807, 2.05) is 37.3 Å². The van der Waals surface area contributed by atoms with Crippen molar-refractivity contribution < 1.29 is 23.5 Å². The summed E-state index contributed by atoms with van der Waals surface area (Å²) in [6, 6.07) is 12.8. The number of carbonyl (C=O) groups excluding carboxylic acids is 3. The summed E-state index contributed by atoms with van der Waals surface area (Å²) < 4.78 is 11.0. The molecule has 31 heavy (non-hydrogen) atoms. The molecule has 7 heteroatoms. The van der Waals surface area contributed by atoms with Crippen LogP contribution in [0.15, 0.2) is 58.2 Å². The van der Waals surface area contributed by atoms with E-state index in [-0.39, 0.29) is 43.1 Å². The van der Waals surface area contributed by atoms with E-state index in [1.165, 1.54) is 4.90 Å². The van der Waals surface area contributed by atoms with Gasteiger partial charge in [-0.1, -0.05) is 37.3 Å². The van der Waals surface area contributed by atoms with Gasteiger partial charge in [0, 0.05) is 24.6 Å². The van der Waals surface area contributed by atoms with Crippen LogP contribution in [0.4, 0.5) is 0 Å². The van der Waals surface area contributed by atoms with Gasteiger partial charge >= 0.3 is 5.97 Å². The number of rotatable bonds is 8. The minimum atomic E-state index is -0.426. The van der Waals surface area contributed by atoms with Gasteiger partial charge in [-0.3, -0.25) is 9.59 Å². The highest BCUT2D eigenvalue weighted by molar-refractivity contribution is 5.96. The van der Waals surface area contributed by atoms with Crippen LogP contribution < -0.4 is 5.32 Å². The first kappa shape index (κ1) is 22.3. The van der Waals surface area contributed by atoms with Gasteiger partial charge in [0.05, 0.1) is 18.7 Å². The standard InChI is InChI=1S/C24H28N2O5/c1-4-13-25-23(28)20-12-11-18(31-20)15-26-16(3)22(24(29)30-5-2)19(14-21(26)27)17-9-7-6-8-10-17/h6-12,19H,4-5,13-15H2,1-3H3,(H,25,28). The van der Waals surface area contributed by atoms with E-state index < -0.39 is 5.97 Å². The van der Waals surface area contributed by atoms with E-state index >= 15 is 0 Å². The average Bonchev–Trinajstić information content (AvgIpc) is 3.24. The second-order valence-electron chi connectivity index (χ2n) is 7.39. The largest absolute Gasteiger partial charge is 0.463 e. The fourth-order valence-electron chi connectivity index (χ4n) is 3.71. The Morgan fingerprint density at radius 2 is 1.90 bits per heavy atom. The van der Waals surface area contributed by atoms with E-state index in [4.69, 9.17) is 9.15 Å². The highest BCUT2D eigenvalue weighted by Gasteiger charge is 2.37. The maximum absolute atomic E-state index is 13.0. The normalized spacial score (nSPS) is 16.4. The Hall–Kier alpha value is -3.35. The predicted molar refractivity (Wildman–Crippen MR) is 115 cm³/mol. The predicted octanol–water partition coefficient (Wildman–Crippen LogP) is 3.77. The summed E-state index contributed by atoms with van der Waals surface area (Å²) >= 11 is 0. The van der Waals surface area contributed by atoms with Crippen molar-refractivity contribution in [1.82, 2.24) is 10.2 Å². The van der Waals surface area contributed by atoms with E-state index in [0.717, 1.165) is 12.0 Å². The molecule has 0 saturated carbocycles. The number of ether oxygens (including phenoxy) is 1. The number of furan rings is 1. The molecule has 0 saturated heterocycles.